The van der Waals surface area contributed by atoms with Crippen LogP contribution >= 0.6 is 0 Å². The molecule has 1 heterocycles. The first-order valence-corrected chi connectivity index (χ1v) is 5.41. The van der Waals surface area contributed by atoms with Crippen molar-refractivity contribution in [1.82, 2.24) is 5.32 Å². The molecule has 14 heavy (non-hydrogen) atoms. The molecule has 1 aromatic carbocycles. The van der Waals surface area contributed by atoms with Crippen LogP contribution < -0.4 is 5.32 Å². The zero-order valence-corrected chi connectivity index (χ0v) is 9.35. The molecular weight excluding hydrogens is 170 g/mol. The van der Waals surface area contributed by atoms with Gasteiger partial charge in [0.1, 0.15) is 0 Å². The van der Waals surface area contributed by atoms with E-state index in [9.17, 15) is 0 Å². The van der Waals surface area contributed by atoms with Crippen molar-refractivity contribution in [3.63, 3.8) is 0 Å². The number of rotatable bonds is 2. The summed E-state index contributed by atoms with van der Waals surface area (Å²) < 4.78 is 0. The van der Waals surface area contributed by atoms with Gasteiger partial charge in [0.25, 0.3) is 0 Å². The fourth-order valence-corrected chi connectivity index (χ4v) is 2.13. The molecule has 1 heteroatoms. The molecule has 0 spiro atoms. The summed E-state index contributed by atoms with van der Waals surface area (Å²) in [6.07, 6.45) is 2.47. The summed E-state index contributed by atoms with van der Waals surface area (Å²) in [5.74, 6) is 0. The van der Waals surface area contributed by atoms with Crippen LogP contribution in [0.2, 0.25) is 0 Å². The summed E-state index contributed by atoms with van der Waals surface area (Å²) in [5, 5.41) is 3.52. The average molecular weight is 189 g/mol. The third-order valence-corrected chi connectivity index (χ3v) is 3.53. The second-order valence-electron chi connectivity index (χ2n) is 4.77. The van der Waals surface area contributed by atoms with Gasteiger partial charge in [-0.15, -0.1) is 0 Å². The van der Waals surface area contributed by atoms with E-state index < -0.39 is 0 Å². The van der Waals surface area contributed by atoms with Crippen molar-refractivity contribution in [3.8, 4) is 0 Å². The highest BCUT2D eigenvalue weighted by atomic mass is 15.0. The molecule has 0 bridgehead atoms. The monoisotopic (exact) mass is 189 g/mol. The van der Waals surface area contributed by atoms with Crippen LogP contribution in [0.25, 0.3) is 0 Å². The third kappa shape index (κ3) is 1.69. The molecule has 2 rings (SSSR count). The standard InChI is InChI=1S/C13H19N/c1-10-5-4-6-12(11(10)2)9-13(3)7-8-14-13/h4-6,14H,7-9H2,1-3H3. The molecule has 1 N–H and O–H groups in total. The Morgan fingerprint density at radius 1 is 1.36 bits per heavy atom. The molecule has 1 saturated heterocycles. The molecular formula is C13H19N. The highest BCUT2D eigenvalue weighted by Crippen LogP contribution is 2.25. The van der Waals surface area contributed by atoms with Crippen molar-refractivity contribution < 1.29 is 0 Å². The summed E-state index contributed by atoms with van der Waals surface area (Å²) in [6.45, 7) is 7.92. The number of nitrogens with one attached hydrogen (secondary N) is 1. The lowest BCUT2D eigenvalue weighted by Gasteiger charge is -2.40. The average Bonchev–Trinajstić information content (AvgIpc) is 2.10. The Morgan fingerprint density at radius 2 is 2.07 bits per heavy atom. The van der Waals surface area contributed by atoms with Crippen molar-refractivity contribution in [2.24, 2.45) is 0 Å². The van der Waals surface area contributed by atoms with Gasteiger partial charge in [-0.3, -0.25) is 0 Å². The minimum Gasteiger partial charge on any atom is -0.311 e. The van der Waals surface area contributed by atoms with Gasteiger partial charge in [0.05, 0.1) is 0 Å². The van der Waals surface area contributed by atoms with Crippen molar-refractivity contribution >= 4 is 0 Å². The van der Waals surface area contributed by atoms with Gasteiger partial charge >= 0.3 is 0 Å². The maximum absolute atomic E-state index is 3.52. The zero-order valence-electron chi connectivity index (χ0n) is 9.35. The Labute approximate surface area is 86.5 Å². The van der Waals surface area contributed by atoms with Crippen molar-refractivity contribution in [3.05, 3.63) is 34.9 Å². The Balaban J connectivity index is 2.20. The normalized spacial score (nSPS) is 25.9. The molecule has 1 unspecified atom stereocenters. The summed E-state index contributed by atoms with van der Waals surface area (Å²) in [7, 11) is 0. The van der Waals surface area contributed by atoms with Gasteiger partial charge in [-0.1, -0.05) is 18.2 Å². The highest BCUT2D eigenvalue weighted by Gasteiger charge is 2.31. The van der Waals surface area contributed by atoms with E-state index in [0.717, 1.165) is 0 Å². The van der Waals surface area contributed by atoms with E-state index in [1.165, 1.54) is 36.1 Å². The second kappa shape index (κ2) is 3.39. The molecule has 1 nitrogen and oxygen atoms in total. The number of benzene rings is 1. The predicted octanol–water partition coefficient (Wildman–Crippen LogP) is 2.60. The Hall–Kier alpha value is -0.820. The van der Waals surface area contributed by atoms with E-state index in [1.807, 2.05) is 0 Å². The van der Waals surface area contributed by atoms with Crippen LogP contribution in [-0.2, 0) is 6.42 Å². The fourth-order valence-electron chi connectivity index (χ4n) is 2.13. The van der Waals surface area contributed by atoms with Crippen LogP contribution in [0.3, 0.4) is 0 Å². The van der Waals surface area contributed by atoms with Gasteiger partial charge in [-0.25, -0.2) is 0 Å². The van der Waals surface area contributed by atoms with E-state index in [2.05, 4.69) is 44.3 Å². The van der Waals surface area contributed by atoms with Crippen LogP contribution in [0.15, 0.2) is 18.2 Å². The molecule has 0 amide bonds. The van der Waals surface area contributed by atoms with Crippen LogP contribution in [0.1, 0.15) is 30.0 Å². The van der Waals surface area contributed by atoms with E-state index >= 15 is 0 Å². The maximum Gasteiger partial charge on any atom is 0.0205 e. The number of hydrogen-bond acceptors (Lipinski definition) is 1. The maximum atomic E-state index is 3.52. The Bertz CT molecular complexity index is 337. The first-order valence-electron chi connectivity index (χ1n) is 5.41. The van der Waals surface area contributed by atoms with Gasteiger partial charge in [0.2, 0.25) is 0 Å². The molecule has 1 aromatic rings. The highest BCUT2D eigenvalue weighted by molar-refractivity contribution is 5.34. The Morgan fingerprint density at radius 3 is 2.64 bits per heavy atom. The second-order valence-corrected chi connectivity index (χ2v) is 4.77. The minimum absolute atomic E-state index is 0.360. The van der Waals surface area contributed by atoms with Gasteiger partial charge in [0, 0.05) is 5.54 Å². The minimum atomic E-state index is 0.360. The van der Waals surface area contributed by atoms with E-state index in [4.69, 9.17) is 0 Å². The molecule has 0 radical (unpaired) electrons. The molecule has 76 valence electrons. The first kappa shape index (κ1) is 9.72. The SMILES string of the molecule is Cc1cccc(CC2(C)CCN2)c1C. The smallest absolute Gasteiger partial charge is 0.0205 e. The van der Waals surface area contributed by atoms with Crippen LogP contribution in [0, 0.1) is 13.8 Å². The van der Waals surface area contributed by atoms with Crippen molar-refractivity contribution in [1.29, 1.82) is 0 Å². The topological polar surface area (TPSA) is 12.0 Å². The first-order chi connectivity index (χ1) is 6.61. The predicted molar refractivity (Wildman–Crippen MR) is 60.6 cm³/mol. The van der Waals surface area contributed by atoms with Gasteiger partial charge < -0.3 is 5.32 Å². The molecule has 1 atom stereocenters. The number of aryl methyl sites for hydroxylation is 1. The lowest BCUT2D eigenvalue weighted by atomic mass is 9.82. The molecule has 1 aliphatic heterocycles. The summed E-state index contributed by atoms with van der Waals surface area (Å²) >= 11 is 0. The van der Waals surface area contributed by atoms with Crippen LogP contribution in [0.5, 0.6) is 0 Å². The van der Waals surface area contributed by atoms with E-state index in [1.54, 1.807) is 0 Å². The largest absolute Gasteiger partial charge is 0.311 e. The van der Waals surface area contributed by atoms with Gasteiger partial charge in [-0.05, 0) is 56.8 Å². The number of hydrogen-bond donors (Lipinski definition) is 1. The Kier molecular flexibility index (Phi) is 2.36. The fraction of sp³-hybridized carbons (Fsp3) is 0.538. The van der Waals surface area contributed by atoms with Gasteiger partial charge in [0.15, 0.2) is 0 Å². The van der Waals surface area contributed by atoms with Crippen LogP contribution in [0.4, 0.5) is 0 Å². The summed E-state index contributed by atoms with van der Waals surface area (Å²) in [4.78, 5) is 0. The third-order valence-electron chi connectivity index (χ3n) is 3.53. The van der Waals surface area contributed by atoms with Gasteiger partial charge in [-0.2, -0.15) is 0 Å². The van der Waals surface area contributed by atoms with Crippen LogP contribution in [-0.4, -0.2) is 12.1 Å². The molecule has 0 aromatic heterocycles. The summed E-state index contributed by atoms with van der Waals surface area (Å²) in [6, 6.07) is 6.61. The zero-order chi connectivity index (χ0) is 10.2. The van der Waals surface area contributed by atoms with E-state index in [-0.39, 0.29) is 0 Å². The molecule has 1 fully saturated rings. The molecule has 0 saturated carbocycles. The van der Waals surface area contributed by atoms with Crippen molar-refractivity contribution in [2.75, 3.05) is 6.54 Å². The molecule has 1 aliphatic rings. The lowest BCUT2D eigenvalue weighted by molar-refractivity contribution is 0.231. The quantitative estimate of drug-likeness (QED) is 0.754. The lowest BCUT2D eigenvalue weighted by Crippen LogP contribution is -2.56. The van der Waals surface area contributed by atoms with E-state index in [0.29, 0.717) is 5.54 Å². The summed E-state index contributed by atoms with van der Waals surface area (Å²) in [5.41, 5.74) is 4.73. The molecule has 0 aliphatic carbocycles. The van der Waals surface area contributed by atoms with Crippen molar-refractivity contribution in [2.45, 2.75) is 39.2 Å².